The Labute approximate surface area is 186 Å². The molecule has 0 N–H and O–H groups in total. The third kappa shape index (κ3) is 7.81. The molecule has 0 saturated carbocycles. The molecule has 0 radical (unpaired) electrons. The first kappa shape index (κ1) is 25.1. The molecule has 2 aromatic rings. The third-order valence-corrected chi connectivity index (χ3v) is 4.70. The maximum absolute atomic E-state index is 14.4. The van der Waals surface area contributed by atoms with E-state index in [-0.39, 0.29) is 11.5 Å². The van der Waals surface area contributed by atoms with Crippen molar-refractivity contribution in [2.75, 3.05) is 38.7 Å². The number of halogens is 3. The zero-order valence-electron chi connectivity index (χ0n) is 18.1. The van der Waals surface area contributed by atoms with Crippen molar-refractivity contribution in [1.29, 1.82) is 0 Å². The molecule has 0 unspecified atom stereocenters. The summed E-state index contributed by atoms with van der Waals surface area (Å²) in [6, 6.07) is 13.8. The Kier molecular flexibility index (Phi) is 9.87. The zero-order valence-corrected chi connectivity index (χ0v) is 18.1. The van der Waals surface area contributed by atoms with Gasteiger partial charge in [-0.2, -0.15) is 5.10 Å². The van der Waals surface area contributed by atoms with Crippen molar-refractivity contribution in [3.05, 3.63) is 65.5 Å². The lowest BCUT2D eigenvalue weighted by Gasteiger charge is -2.31. The van der Waals surface area contributed by atoms with Gasteiger partial charge in [0.2, 0.25) is 5.90 Å². The molecule has 1 saturated heterocycles. The van der Waals surface area contributed by atoms with E-state index in [9.17, 15) is 18.0 Å². The highest BCUT2D eigenvalue weighted by Gasteiger charge is 2.21. The Morgan fingerprint density at radius 1 is 1.28 bits per heavy atom. The second-order valence-electron chi connectivity index (χ2n) is 7.36. The Morgan fingerprint density at radius 3 is 2.47 bits per heavy atom. The Hall–Kier alpha value is -3.20. The van der Waals surface area contributed by atoms with Crippen molar-refractivity contribution in [2.24, 2.45) is 16.1 Å². The summed E-state index contributed by atoms with van der Waals surface area (Å²) in [5.41, 5.74) is 1.62. The van der Waals surface area contributed by atoms with E-state index in [1.165, 1.54) is 6.07 Å². The van der Waals surface area contributed by atoms with Crippen molar-refractivity contribution >= 4 is 24.6 Å². The number of hydrogen-bond acceptors (Lipinski definition) is 6. The van der Waals surface area contributed by atoms with Gasteiger partial charge in [0.05, 0.1) is 0 Å². The minimum Gasteiger partial charge on any atom is -0.470 e. The summed E-state index contributed by atoms with van der Waals surface area (Å²) in [5, 5.41) is 6.81. The molecular formula is C23H27F3N4O2. The van der Waals surface area contributed by atoms with E-state index in [0.29, 0.717) is 18.0 Å². The molecule has 172 valence electrons. The molecule has 9 heteroatoms. The van der Waals surface area contributed by atoms with Crippen LogP contribution in [0.3, 0.4) is 0 Å². The lowest BCUT2D eigenvalue weighted by Crippen LogP contribution is -2.44. The number of carbonyl (C=O) groups excluding carboxylic acids is 1. The molecule has 3 rings (SSSR count). The minimum absolute atomic E-state index is 0.197. The second-order valence-corrected chi connectivity index (χ2v) is 7.36. The van der Waals surface area contributed by atoms with Crippen LogP contribution in [0.4, 0.5) is 18.9 Å². The highest BCUT2D eigenvalue weighted by Crippen LogP contribution is 2.18. The third-order valence-electron chi connectivity index (χ3n) is 4.70. The summed E-state index contributed by atoms with van der Waals surface area (Å²) in [4.78, 5) is 13.9. The summed E-state index contributed by atoms with van der Waals surface area (Å²) >= 11 is 0. The predicted molar refractivity (Wildman–Crippen MR) is 120 cm³/mol. The minimum atomic E-state index is -2.67. The smallest absolute Gasteiger partial charge is 0.272 e. The largest absolute Gasteiger partial charge is 0.470 e. The highest BCUT2D eigenvalue weighted by atomic mass is 19.3. The van der Waals surface area contributed by atoms with Crippen LogP contribution >= 0.6 is 0 Å². The molecule has 0 amide bonds. The molecule has 1 aliphatic rings. The maximum Gasteiger partial charge on any atom is 0.272 e. The summed E-state index contributed by atoms with van der Waals surface area (Å²) in [7, 11) is 3.86. The van der Waals surface area contributed by atoms with E-state index in [4.69, 9.17) is 4.74 Å². The number of likely N-dealkylation sites (tertiary alicyclic amines) is 1. The van der Waals surface area contributed by atoms with Crippen molar-refractivity contribution in [1.82, 2.24) is 4.90 Å². The van der Waals surface area contributed by atoms with Crippen LogP contribution in [0.5, 0.6) is 0 Å². The average molecular weight is 448 g/mol. The van der Waals surface area contributed by atoms with Gasteiger partial charge < -0.3 is 19.3 Å². The van der Waals surface area contributed by atoms with Crippen LogP contribution in [0.2, 0.25) is 0 Å². The van der Waals surface area contributed by atoms with Gasteiger partial charge in [-0.15, -0.1) is 5.10 Å². The maximum atomic E-state index is 14.4. The van der Waals surface area contributed by atoms with Gasteiger partial charge in [0, 0.05) is 56.1 Å². The number of aldehydes is 1. The van der Waals surface area contributed by atoms with Crippen LogP contribution in [-0.2, 0) is 16.1 Å². The number of alkyl halides is 2. The second kappa shape index (κ2) is 12.6. The normalized spacial score (nSPS) is 14.2. The van der Waals surface area contributed by atoms with E-state index in [1.54, 1.807) is 12.1 Å². The highest BCUT2D eigenvalue weighted by molar-refractivity contribution is 5.94. The average Bonchev–Trinajstić information content (AvgIpc) is 2.76. The first-order valence-corrected chi connectivity index (χ1v) is 9.97. The van der Waals surface area contributed by atoms with Crippen LogP contribution in [-0.4, -0.2) is 64.0 Å². The van der Waals surface area contributed by atoms with Crippen molar-refractivity contribution in [2.45, 2.75) is 13.0 Å². The van der Waals surface area contributed by atoms with E-state index < -0.39 is 18.8 Å². The summed E-state index contributed by atoms with van der Waals surface area (Å²) < 4.78 is 43.8. The molecule has 0 atom stereocenters. The first-order valence-electron chi connectivity index (χ1n) is 9.97. The van der Waals surface area contributed by atoms with E-state index >= 15 is 0 Å². The summed E-state index contributed by atoms with van der Waals surface area (Å²) in [6.07, 6.45) is -1.64. The van der Waals surface area contributed by atoms with Crippen molar-refractivity contribution in [3.63, 3.8) is 0 Å². The van der Waals surface area contributed by atoms with Crippen molar-refractivity contribution < 1.29 is 22.7 Å². The van der Waals surface area contributed by atoms with Gasteiger partial charge in [0.25, 0.3) is 6.43 Å². The number of rotatable bonds is 8. The molecule has 0 bridgehead atoms. The number of anilines is 1. The van der Waals surface area contributed by atoms with Crippen LogP contribution in [0, 0.1) is 11.7 Å². The van der Waals surface area contributed by atoms with Gasteiger partial charge in [0.1, 0.15) is 12.1 Å². The van der Waals surface area contributed by atoms with E-state index in [2.05, 4.69) is 21.8 Å². The monoisotopic (exact) mass is 448 g/mol. The van der Waals surface area contributed by atoms with Gasteiger partial charge in [-0.3, -0.25) is 0 Å². The number of carbonyl (C=O) groups is 1. The topological polar surface area (TPSA) is 57.5 Å². The number of benzene rings is 2. The Bertz CT molecular complexity index is 903. The molecule has 6 nitrogen and oxygen atoms in total. The molecule has 0 aliphatic carbocycles. The Balaban J connectivity index is 0.000000439. The zero-order chi connectivity index (χ0) is 23.5. The molecule has 2 aromatic carbocycles. The molecule has 32 heavy (non-hydrogen) atoms. The number of nitrogens with zero attached hydrogens (tertiary/aromatic N) is 4. The molecule has 0 spiro atoms. The first-order chi connectivity index (χ1) is 15.3. The lowest BCUT2D eigenvalue weighted by molar-refractivity contribution is -0.115. The fourth-order valence-corrected chi connectivity index (χ4v) is 3.05. The molecular weight excluding hydrogens is 421 g/mol. The SMILES string of the molecule is C=N/N=C(\OCC(F)F)c1ccc(CN(C)c2ccccc2)c(F)c1.CN1CC(C=O)C1. The van der Waals surface area contributed by atoms with Gasteiger partial charge in [0.15, 0.2) is 6.61 Å². The lowest BCUT2D eigenvalue weighted by atomic mass is 10.0. The quantitative estimate of drug-likeness (QED) is 0.266. The number of hydrogen-bond donors (Lipinski definition) is 0. The fraction of sp³-hybridized carbons (Fsp3) is 0.348. The molecule has 1 heterocycles. The van der Waals surface area contributed by atoms with Gasteiger partial charge in [-0.05, 0) is 31.3 Å². The van der Waals surface area contributed by atoms with Crippen molar-refractivity contribution in [3.8, 4) is 0 Å². The van der Waals surface area contributed by atoms with Gasteiger partial charge in [-0.25, -0.2) is 13.2 Å². The Morgan fingerprint density at radius 2 is 1.97 bits per heavy atom. The summed E-state index contributed by atoms with van der Waals surface area (Å²) in [6.45, 7) is 4.58. The van der Waals surface area contributed by atoms with Crippen LogP contribution in [0.1, 0.15) is 11.1 Å². The summed E-state index contributed by atoms with van der Waals surface area (Å²) in [5.74, 6) is -0.347. The number of ether oxygens (including phenoxy) is 1. The van der Waals surface area contributed by atoms with Crippen LogP contribution in [0.25, 0.3) is 0 Å². The fourth-order valence-electron chi connectivity index (χ4n) is 3.05. The molecule has 1 fully saturated rings. The van der Waals surface area contributed by atoms with Gasteiger partial charge in [-0.1, -0.05) is 24.3 Å². The predicted octanol–water partition coefficient (Wildman–Crippen LogP) is 3.85. The van der Waals surface area contributed by atoms with E-state index in [1.807, 2.05) is 49.3 Å². The number of para-hydroxylation sites is 1. The van der Waals surface area contributed by atoms with Crippen LogP contribution in [0.15, 0.2) is 58.7 Å². The molecule has 1 aliphatic heterocycles. The standard InChI is InChI=1S/C18H18F3N3O.C5H9NO/c1-22-23-18(25-12-17(20)21)13-8-9-14(16(19)10-13)11-24(2)15-6-4-3-5-7-15;1-6-2-5(3-6)4-7/h3-10,17H,1,11-12H2,2H3;4-5H,2-3H2,1H3/b23-18-;. The van der Waals surface area contributed by atoms with E-state index in [0.717, 1.165) is 25.1 Å². The van der Waals surface area contributed by atoms with Crippen LogP contribution < -0.4 is 4.90 Å². The molecule has 0 aromatic heterocycles. The van der Waals surface area contributed by atoms with Gasteiger partial charge >= 0.3 is 0 Å².